The summed E-state index contributed by atoms with van der Waals surface area (Å²) in [4.78, 5) is 11.7. The van der Waals surface area contributed by atoms with E-state index < -0.39 is 20.3 Å². The topological polar surface area (TPSA) is 113 Å². The van der Waals surface area contributed by atoms with Gasteiger partial charge >= 0.3 is 0 Å². The van der Waals surface area contributed by atoms with E-state index in [4.69, 9.17) is 15.8 Å². The maximum absolute atomic E-state index is 10.8. The number of ether oxygens (including phenoxy) is 1. The lowest BCUT2D eigenvalue weighted by molar-refractivity contribution is -0.385. The molecule has 1 aromatic rings. The molecule has 1 aromatic carbocycles. The van der Waals surface area contributed by atoms with Crippen molar-refractivity contribution in [2.24, 2.45) is 0 Å². The molecule has 0 radical (unpaired) electrons. The van der Waals surface area contributed by atoms with Crippen molar-refractivity contribution in [2.75, 3.05) is 26.2 Å². The van der Waals surface area contributed by atoms with Crippen LogP contribution in [0.2, 0.25) is 0 Å². The minimum atomic E-state index is -3.89. The standard InChI is InChI=1S/C6H4ClNO4S.C6H15N.C2H4O2.CH4/c7-13(11,12)6-3-1-2-5(4-6)8(9)10;1-4-7(5-2)6-3;3-2-1-4-2;/h1-4H;4-6H2,1-3H3;2-3H,1H2;1H4/t;;2-;/m..1./s1. The van der Waals surface area contributed by atoms with Gasteiger partial charge in [0.15, 0.2) is 6.29 Å². The van der Waals surface area contributed by atoms with Crippen molar-refractivity contribution < 1.29 is 23.2 Å². The maximum Gasteiger partial charge on any atom is 0.270 e. The molecule has 0 saturated carbocycles. The van der Waals surface area contributed by atoms with Gasteiger partial charge < -0.3 is 14.7 Å². The predicted octanol–water partition coefficient (Wildman–Crippen LogP) is 2.84. The normalized spacial score (nSPS) is 15.0. The number of aliphatic hydroxyl groups is 1. The number of nitrogens with zero attached hydrogens (tertiary/aromatic N) is 2. The monoisotopic (exact) mass is 398 g/mol. The van der Waals surface area contributed by atoms with Crippen LogP contribution in [0.15, 0.2) is 29.2 Å². The van der Waals surface area contributed by atoms with Crippen molar-refractivity contribution >= 4 is 25.4 Å². The number of hydrogen-bond acceptors (Lipinski definition) is 7. The van der Waals surface area contributed by atoms with E-state index in [1.807, 2.05) is 0 Å². The van der Waals surface area contributed by atoms with Gasteiger partial charge in [0.1, 0.15) is 6.61 Å². The zero-order valence-corrected chi connectivity index (χ0v) is 15.5. The van der Waals surface area contributed by atoms with Gasteiger partial charge in [-0.1, -0.05) is 34.3 Å². The van der Waals surface area contributed by atoms with E-state index in [9.17, 15) is 18.5 Å². The third kappa shape index (κ3) is 12.7. The molecule has 2 rings (SSSR count). The van der Waals surface area contributed by atoms with Crippen molar-refractivity contribution in [3.05, 3.63) is 34.4 Å². The quantitative estimate of drug-likeness (QED) is 0.351. The lowest BCUT2D eigenvalue weighted by atomic mass is 10.3. The molecule has 0 unspecified atom stereocenters. The third-order valence-corrected chi connectivity index (χ3v) is 4.32. The molecule has 0 aromatic heterocycles. The highest BCUT2D eigenvalue weighted by atomic mass is 35.7. The largest absolute Gasteiger partial charge is 0.366 e. The van der Waals surface area contributed by atoms with Crippen molar-refractivity contribution in [3.8, 4) is 0 Å². The molecule has 1 saturated heterocycles. The number of halogens is 1. The Hall–Kier alpha value is -1.26. The Bertz CT molecular complexity index is 598. The summed E-state index contributed by atoms with van der Waals surface area (Å²) in [6, 6.07) is 4.54. The molecule has 1 N–H and O–H groups in total. The molecule has 146 valence electrons. The summed E-state index contributed by atoms with van der Waals surface area (Å²) >= 11 is 0. The Morgan fingerprint density at radius 2 is 1.76 bits per heavy atom. The van der Waals surface area contributed by atoms with E-state index in [0.717, 1.165) is 6.07 Å². The lowest BCUT2D eigenvalue weighted by Gasteiger charge is -2.13. The molecule has 1 heterocycles. The molecule has 0 bridgehead atoms. The van der Waals surface area contributed by atoms with Gasteiger partial charge in [-0.05, 0) is 25.7 Å². The fourth-order valence-corrected chi connectivity index (χ4v) is 2.25. The van der Waals surface area contributed by atoms with Crippen LogP contribution in [-0.4, -0.2) is 55.9 Å². The Labute approximate surface area is 153 Å². The average Bonchev–Trinajstić information content (AvgIpc) is 3.32. The molecule has 0 aliphatic carbocycles. The number of aliphatic hydroxyl groups excluding tert-OH is 1. The highest BCUT2D eigenvalue weighted by molar-refractivity contribution is 8.13. The molecular weight excluding hydrogens is 372 g/mol. The van der Waals surface area contributed by atoms with Crippen LogP contribution in [0.3, 0.4) is 0 Å². The average molecular weight is 399 g/mol. The Kier molecular flexibility index (Phi) is 13.5. The summed E-state index contributed by atoms with van der Waals surface area (Å²) < 4.78 is 25.8. The first kappa shape index (κ1) is 26.0. The molecule has 0 amide bonds. The van der Waals surface area contributed by atoms with E-state index in [0.29, 0.717) is 6.61 Å². The number of nitro benzene ring substituents is 1. The zero-order valence-electron chi connectivity index (χ0n) is 13.9. The van der Waals surface area contributed by atoms with E-state index in [-0.39, 0.29) is 18.0 Å². The lowest BCUT2D eigenvalue weighted by Crippen LogP contribution is -2.21. The van der Waals surface area contributed by atoms with Crippen LogP contribution in [0.1, 0.15) is 28.2 Å². The number of nitro groups is 1. The van der Waals surface area contributed by atoms with Crippen LogP contribution >= 0.6 is 10.7 Å². The highest BCUT2D eigenvalue weighted by Crippen LogP contribution is 2.19. The van der Waals surface area contributed by atoms with Crippen molar-refractivity contribution in [3.63, 3.8) is 0 Å². The summed E-state index contributed by atoms with van der Waals surface area (Å²) in [5.41, 5.74) is -0.304. The fourth-order valence-electron chi connectivity index (χ4n) is 1.46. The first-order valence-corrected chi connectivity index (χ1v) is 9.67. The smallest absolute Gasteiger partial charge is 0.270 e. The van der Waals surface area contributed by atoms with Gasteiger partial charge in [-0.15, -0.1) is 0 Å². The van der Waals surface area contributed by atoms with Gasteiger partial charge in [0.2, 0.25) is 0 Å². The van der Waals surface area contributed by atoms with Crippen molar-refractivity contribution in [1.29, 1.82) is 0 Å². The number of rotatable bonds is 5. The highest BCUT2D eigenvalue weighted by Gasteiger charge is 2.16. The van der Waals surface area contributed by atoms with Crippen molar-refractivity contribution in [2.45, 2.75) is 39.4 Å². The van der Waals surface area contributed by atoms with E-state index in [1.54, 1.807) is 0 Å². The van der Waals surface area contributed by atoms with Gasteiger partial charge in [0, 0.05) is 22.8 Å². The van der Waals surface area contributed by atoms with Gasteiger partial charge in [-0.3, -0.25) is 10.1 Å². The molecule has 25 heavy (non-hydrogen) atoms. The maximum atomic E-state index is 10.8. The van der Waals surface area contributed by atoms with Gasteiger partial charge in [0.05, 0.1) is 9.82 Å². The van der Waals surface area contributed by atoms with E-state index in [2.05, 4.69) is 30.4 Å². The zero-order chi connectivity index (χ0) is 18.8. The Balaban J connectivity index is 0. The third-order valence-electron chi connectivity index (χ3n) is 2.97. The number of benzene rings is 1. The minimum Gasteiger partial charge on any atom is -0.366 e. The fraction of sp³-hybridized carbons (Fsp3) is 0.600. The van der Waals surface area contributed by atoms with Crippen LogP contribution in [0.25, 0.3) is 0 Å². The van der Waals surface area contributed by atoms with Crippen LogP contribution in [0.4, 0.5) is 5.69 Å². The SMILES string of the molecule is C.CCN(CC)CC.O=[N+]([O-])c1cccc(S(=O)(=O)Cl)c1.O[C@H]1CO1. The first-order chi connectivity index (χ1) is 11.1. The molecule has 1 atom stereocenters. The number of hydrogen-bond donors (Lipinski definition) is 1. The van der Waals surface area contributed by atoms with Gasteiger partial charge in [-0.25, -0.2) is 8.42 Å². The van der Waals surface area contributed by atoms with E-state index >= 15 is 0 Å². The minimum absolute atomic E-state index is 0. The summed E-state index contributed by atoms with van der Waals surface area (Å²) in [6.45, 7) is 10.7. The van der Waals surface area contributed by atoms with Crippen LogP contribution < -0.4 is 0 Å². The summed E-state index contributed by atoms with van der Waals surface area (Å²) in [5, 5.41) is 18.2. The van der Waals surface area contributed by atoms with E-state index in [1.165, 1.54) is 37.8 Å². The summed E-state index contributed by atoms with van der Waals surface area (Å²) in [6.07, 6.45) is -0.417. The second kappa shape index (κ2) is 13.0. The predicted molar refractivity (Wildman–Crippen MR) is 98.3 cm³/mol. The number of epoxide rings is 1. The molecule has 1 fully saturated rings. The second-order valence-electron chi connectivity index (χ2n) is 4.60. The second-order valence-corrected chi connectivity index (χ2v) is 7.17. The molecule has 8 nitrogen and oxygen atoms in total. The van der Waals surface area contributed by atoms with Crippen LogP contribution in [0.5, 0.6) is 0 Å². The first-order valence-electron chi connectivity index (χ1n) is 7.36. The molecule has 1 aliphatic rings. The molecule has 10 heteroatoms. The molecule has 1 aliphatic heterocycles. The van der Waals surface area contributed by atoms with Crippen molar-refractivity contribution in [1.82, 2.24) is 4.90 Å². The molecule has 0 spiro atoms. The summed E-state index contributed by atoms with van der Waals surface area (Å²) in [7, 11) is 1.09. The number of non-ortho nitro benzene ring substituents is 1. The summed E-state index contributed by atoms with van der Waals surface area (Å²) in [5.74, 6) is 0. The van der Waals surface area contributed by atoms with Crippen LogP contribution in [0, 0.1) is 10.1 Å². The van der Waals surface area contributed by atoms with Gasteiger partial charge in [0.25, 0.3) is 14.7 Å². The molecular formula is C15H27ClN2O6S. The van der Waals surface area contributed by atoms with Gasteiger partial charge in [-0.2, -0.15) is 0 Å². The Morgan fingerprint density at radius 3 is 2.00 bits per heavy atom. The van der Waals surface area contributed by atoms with Crippen LogP contribution in [-0.2, 0) is 13.8 Å². The Morgan fingerprint density at radius 1 is 1.32 bits per heavy atom.